The molecule has 3 rings (SSSR count). The van der Waals surface area contributed by atoms with Gasteiger partial charge in [-0.1, -0.05) is 26.0 Å². The average molecular weight is 271 g/mol. The molecule has 0 bridgehead atoms. The van der Waals surface area contributed by atoms with Gasteiger partial charge in [0.1, 0.15) is 0 Å². The van der Waals surface area contributed by atoms with Crippen LogP contribution in [0.1, 0.15) is 24.8 Å². The fourth-order valence-electron chi connectivity index (χ4n) is 2.30. The maximum Gasteiger partial charge on any atom is 0.0671 e. The van der Waals surface area contributed by atoms with Gasteiger partial charge in [-0.05, 0) is 29.5 Å². The molecule has 4 heteroatoms. The van der Waals surface area contributed by atoms with Crippen molar-refractivity contribution in [3.05, 3.63) is 46.8 Å². The molecule has 1 atom stereocenters. The number of aromatic amines is 1. The lowest BCUT2D eigenvalue weighted by Crippen LogP contribution is -2.15. The van der Waals surface area contributed by atoms with Crippen molar-refractivity contribution in [3.8, 4) is 0 Å². The molecule has 2 heterocycles. The molecule has 0 saturated carbocycles. The number of nitrogens with one attached hydrogen (secondary N) is 2. The zero-order valence-corrected chi connectivity index (χ0v) is 11.9. The van der Waals surface area contributed by atoms with Crippen LogP contribution in [-0.4, -0.2) is 10.2 Å². The molecule has 0 aliphatic rings. The Hall–Kier alpha value is -1.81. The van der Waals surface area contributed by atoms with Crippen molar-refractivity contribution in [2.75, 3.05) is 5.32 Å². The predicted octanol–water partition coefficient (Wildman–Crippen LogP) is 4.43. The van der Waals surface area contributed by atoms with E-state index >= 15 is 0 Å². The van der Waals surface area contributed by atoms with Crippen molar-refractivity contribution in [1.29, 1.82) is 0 Å². The first-order chi connectivity index (χ1) is 9.25. The number of thiophene rings is 1. The van der Waals surface area contributed by atoms with Gasteiger partial charge in [-0.15, -0.1) is 11.3 Å². The number of hydrogen-bond acceptors (Lipinski definition) is 3. The van der Waals surface area contributed by atoms with Gasteiger partial charge >= 0.3 is 0 Å². The van der Waals surface area contributed by atoms with E-state index in [2.05, 4.69) is 59.0 Å². The summed E-state index contributed by atoms with van der Waals surface area (Å²) in [6.07, 6.45) is 1.88. The number of fused-ring (bicyclic) bond motifs is 1. The lowest BCUT2D eigenvalue weighted by atomic mass is 10.0. The molecule has 0 fully saturated rings. The Morgan fingerprint density at radius 2 is 2.11 bits per heavy atom. The molecule has 98 valence electrons. The topological polar surface area (TPSA) is 40.7 Å². The van der Waals surface area contributed by atoms with Crippen LogP contribution in [0.25, 0.3) is 10.9 Å². The van der Waals surface area contributed by atoms with Gasteiger partial charge in [0.15, 0.2) is 0 Å². The van der Waals surface area contributed by atoms with E-state index < -0.39 is 0 Å². The summed E-state index contributed by atoms with van der Waals surface area (Å²) in [5, 5.41) is 14.1. The summed E-state index contributed by atoms with van der Waals surface area (Å²) in [4.78, 5) is 1.37. The molecule has 0 saturated heterocycles. The highest BCUT2D eigenvalue weighted by atomic mass is 32.1. The standard InChI is InChI=1S/C15H17N3S/c1-10(2)15(14-7-4-8-19-14)17-12-5-3-6-13-11(12)9-16-18-13/h3-10,15,17H,1-2H3,(H,16,18). The number of anilines is 1. The van der Waals surface area contributed by atoms with Crippen molar-refractivity contribution in [3.63, 3.8) is 0 Å². The van der Waals surface area contributed by atoms with Crippen LogP contribution in [0.5, 0.6) is 0 Å². The fourth-order valence-corrected chi connectivity index (χ4v) is 3.25. The summed E-state index contributed by atoms with van der Waals surface area (Å²) in [6, 6.07) is 10.8. The normalized spacial score (nSPS) is 13.0. The molecular weight excluding hydrogens is 254 g/mol. The van der Waals surface area contributed by atoms with Crippen LogP contribution in [0.3, 0.4) is 0 Å². The molecule has 1 unspecified atom stereocenters. The summed E-state index contributed by atoms with van der Waals surface area (Å²) in [6.45, 7) is 4.49. The van der Waals surface area contributed by atoms with Crippen LogP contribution in [-0.2, 0) is 0 Å². The maximum atomic E-state index is 4.11. The third-order valence-corrected chi connectivity index (χ3v) is 4.27. The molecule has 2 N–H and O–H groups in total. The zero-order valence-electron chi connectivity index (χ0n) is 11.1. The summed E-state index contributed by atoms with van der Waals surface area (Å²) >= 11 is 1.80. The lowest BCUT2D eigenvalue weighted by molar-refractivity contribution is 0.554. The highest BCUT2D eigenvalue weighted by molar-refractivity contribution is 7.10. The maximum absolute atomic E-state index is 4.11. The van der Waals surface area contributed by atoms with Crippen molar-refractivity contribution < 1.29 is 0 Å². The van der Waals surface area contributed by atoms with E-state index in [0.717, 1.165) is 16.6 Å². The van der Waals surface area contributed by atoms with E-state index in [4.69, 9.17) is 0 Å². The molecule has 3 nitrogen and oxygen atoms in total. The predicted molar refractivity (Wildman–Crippen MR) is 81.6 cm³/mol. The number of nitrogens with zero attached hydrogens (tertiary/aromatic N) is 1. The lowest BCUT2D eigenvalue weighted by Gasteiger charge is -2.22. The second kappa shape index (κ2) is 5.05. The van der Waals surface area contributed by atoms with Gasteiger partial charge in [-0.3, -0.25) is 5.10 Å². The Balaban J connectivity index is 1.96. The van der Waals surface area contributed by atoms with Crippen LogP contribution in [0.2, 0.25) is 0 Å². The molecule has 1 aromatic carbocycles. The smallest absolute Gasteiger partial charge is 0.0671 e. The number of H-pyrrole nitrogens is 1. The minimum atomic E-state index is 0.334. The average Bonchev–Trinajstić information content (AvgIpc) is 3.06. The zero-order chi connectivity index (χ0) is 13.2. The van der Waals surface area contributed by atoms with Crippen LogP contribution >= 0.6 is 11.3 Å². The first kappa shape index (κ1) is 12.2. The van der Waals surface area contributed by atoms with Gasteiger partial charge in [0.25, 0.3) is 0 Å². The van der Waals surface area contributed by atoms with Gasteiger partial charge in [0, 0.05) is 16.0 Å². The van der Waals surface area contributed by atoms with Crippen molar-refractivity contribution in [2.45, 2.75) is 19.9 Å². The molecule has 3 aromatic rings. The van der Waals surface area contributed by atoms with E-state index in [1.807, 2.05) is 12.3 Å². The highest BCUT2D eigenvalue weighted by Crippen LogP contribution is 2.32. The Labute approximate surface area is 116 Å². The molecule has 0 radical (unpaired) electrons. The van der Waals surface area contributed by atoms with E-state index in [-0.39, 0.29) is 0 Å². The van der Waals surface area contributed by atoms with Gasteiger partial charge in [-0.25, -0.2) is 0 Å². The quantitative estimate of drug-likeness (QED) is 0.736. The molecule has 2 aromatic heterocycles. The SMILES string of the molecule is CC(C)C(Nc1cccc2[nH]ncc12)c1cccs1. The third-order valence-electron chi connectivity index (χ3n) is 3.31. The van der Waals surface area contributed by atoms with E-state index in [1.54, 1.807) is 11.3 Å². The Morgan fingerprint density at radius 3 is 2.84 bits per heavy atom. The Bertz CT molecular complexity index is 655. The van der Waals surface area contributed by atoms with Gasteiger partial charge in [-0.2, -0.15) is 5.10 Å². The van der Waals surface area contributed by atoms with E-state index in [0.29, 0.717) is 12.0 Å². The minimum Gasteiger partial charge on any atom is -0.377 e. The first-order valence-electron chi connectivity index (χ1n) is 6.48. The Morgan fingerprint density at radius 1 is 1.21 bits per heavy atom. The van der Waals surface area contributed by atoms with Gasteiger partial charge in [0.05, 0.1) is 17.8 Å². The molecule has 19 heavy (non-hydrogen) atoms. The summed E-state index contributed by atoms with van der Waals surface area (Å²) in [5.74, 6) is 0.529. The van der Waals surface area contributed by atoms with Crippen molar-refractivity contribution in [2.24, 2.45) is 5.92 Å². The van der Waals surface area contributed by atoms with Gasteiger partial charge in [0.2, 0.25) is 0 Å². The van der Waals surface area contributed by atoms with E-state index in [1.165, 1.54) is 4.88 Å². The monoisotopic (exact) mass is 271 g/mol. The minimum absolute atomic E-state index is 0.334. The van der Waals surface area contributed by atoms with Crippen LogP contribution in [0.4, 0.5) is 5.69 Å². The molecule has 0 amide bonds. The molecule has 0 aliphatic heterocycles. The summed E-state index contributed by atoms with van der Waals surface area (Å²) in [5.41, 5.74) is 2.21. The Kier molecular flexibility index (Phi) is 3.25. The van der Waals surface area contributed by atoms with Crippen molar-refractivity contribution in [1.82, 2.24) is 10.2 Å². The second-order valence-electron chi connectivity index (χ2n) is 5.02. The van der Waals surface area contributed by atoms with Crippen LogP contribution < -0.4 is 5.32 Å². The fraction of sp³-hybridized carbons (Fsp3) is 0.267. The van der Waals surface area contributed by atoms with Gasteiger partial charge < -0.3 is 5.32 Å². The third kappa shape index (κ3) is 2.36. The molecule has 0 aliphatic carbocycles. The molecule has 0 spiro atoms. The number of aromatic nitrogens is 2. The summed E-state index contributed by atoms with van der Waals surface area (Å²) in [7, 11) is 0. The second-order valence-corrected chi connectivity index (χ2v) is 6.00. The van der Waals surface area contributed by atoms with E-state index in [9.17, 15) is 0 Å². The highest BCUT2D eigenvalue weighted by Gasteiger charge is 2.17. The number of hydrogen-bond donors (Lipinski definition) is 2. The number of rotatable bonds is 4. The summed E-state index contributed by atoms with van der Waals surface area (Å²) < 4.78 is 0. The van der Waals surface area contributed by atoms with Crippen LogP contribution in [0, 0.1) is 5.92 Å². The van der Waals surface area contributed by atoms with Crippen molar-refractivity contribution >= 4 is 27.9 Å². The molecular formula is C15H17N3S. The number of benzene rings is 1. The largest absolute Gasteiger partial charge is 0.377 e. The van der Waals surface area contributed by atoms with Crippen LogP contribution in [0.15, 0.2) is 41.9 Å². The first-order valence-corrected chi connectivity index (χ1v) is 7.35.